The van der Waals surface area contributed by atoms with Crippen LogP contribution in [0.2, 0.25) is 0 Å². The summed E-state index contributed by atoms with van der Waals surface area (Å²) in [4.78, 5) is 75.2. The highest BCUT2D eigenvalue weighted by molar-refractivity contribution is 5.95. The van der Waals surface area contributed by atoms with E-state index in [0.717, 1.165) is 0 Å². The van der Waals surface area contributed by atoms with E-state index in [2.05, 4.69) is 31.6 Å². The van der Waals surface area contributed by atoms with Crippen LogP contribution in [0.5, 0.6) is 0 Å². The van der Waals surface area contributed by atoms with Gasteiger partial charge < -0.3 is 48.3 Å². The zero-order valence-electron chi connectivity index (χ0n) is 19.6. The molecule has 0 saturated heterocycles. The molecule has 3 atom stereocenters. The van der Waals surface area contributed by atoms with Crippen LogP contribution in [-0.2, 0) is 28.8 Å². The number of carboxylic acids is 1. The van der Waals surface area contributed by atoms with Crippen LogP contribution in [0.4, 0.5) is 0 Å². The van der Waals surface area contributed by atoms with E-state index in [1.165, 1.54) is 6.92 Å². The van der Waals surface area contributed by atoms with E-state index in [-0.39, 0.29) is 25.5 Å². The minimum absolute atomic E-state index is 0.126. The van der Waals surface area contributed by atoms with Gasteiger partial charge in [-0.1, -0.05) is 0 Å². The van der Waals surface area contributed by atoms with Crippen LogP contribution in [0.15, 0.2) is 4.99 Å². The molecular weight excluding hydrogens is 468 g/mol. The molecule has 0 aliphatic carbocycles. The largest absolute Gasteiger partial charge is 0.481 e. The Bertz CT molecular complexity index is 800. The van der Waals surface area contributed by atoms with Gasteiger partial charge >= 0.3 is 5.97 Å². The first kappa shape index (κ1) is 31.0. The van der Waals surface area contributed by atoms with Crippen LogP contribution in [-0.4, -0.2) is 96.0 Å². The fourth-order valence-electron chi connectivity index (χ4n) is 2.70. The van der Waals surface area contributed by atoms with Crippen molar-refractivity contribution in [1.82, 2.24) is 26.6 Å². The Morgan fingerprint density at radius 2 is 1.51 bits per heavy atom. The van der Waals surface area contributed by atoms with E-state index in [1.807, 2.05) is 0 Å². The molecule has 5 amide bonds. The number of nitrogens with zero attached hydrogens (tertiary/aromatic N) is 1. The molecule has 0 aliphatic rings. The summed E-state index contributed by atoms with van der Waals surface area (Å²) < 4.78 is 0. The standard InChI is InChI=1S/C19H34N8O8/c1-3-22-17(34)13(9-28)27-18(35)12(7-15(31)32)26-14(30)8-24-16(33)11(25-10(2)29)5-4-6-23-19(20)21/h11-13,28H,3-9H2,1-2H3,(H,22,34)(H,24,33)(H,25,29)(H,26,30)(H,27,35)(H,31,32)(H4,20,21,23)/t11-,12-,13-/m0/s1. The first-order valence-electron chi connectivity index (χ1n) is 10.7. The summed E-state index contributed by atoms with van der Waals surface area (Å²) in [5.41, 5.74) is 10.4. The highest BCUT2D eigenvalue weighted by Gasteiger charge is 2.28. The number of nitrogens with one attached hydrogen (secondary N) is 5. The summed E-state index contributed by atoms with van der Waals surface area (Å²) in [5.74, 6) is -5.34. The van der Waals surface area contributed by atoms with Crippen molar-refractivity contribution < 1.29 is 39.0 Å². The van der Waals surface area contributed by atoms with E-state index >= 15 is 0 Å². The number of aliphatic imine (C=N–C) groups is 1. The van der Waals surface area contributed by atoms with Crippen LogP contribution in [0, 0.1) is 0 Å². The molecule has 0 aliphatic heterocycles. The maximum absolute atomic E-state index is 12.4. The second kappa shape index (κ2) is 16.6. The molecule has 0 unspecified atom stereocenters. The third-order valence-electron chi connectivity index (χ3n) is 4.26. The van der Waals surface area contributed by atoms with E-state index < -0.39 is 73.2 Å². The van der Waals surface area contributed by atoms with E-state index in [9.17, 15) is 33.9 Å². The van der Waals surface area contributed by atoms with E-state index in [4.69, 9.17) is 16.6 Å². The lowest BCUT2D eigenvalue weighted by Crippen LogP contribution is -2.56. The number of hydrogen-bond donors (Lipinski definition) is 9. The fraction of sp³-hybridized carbons (Fsp3) is 0.632. The summed E-state index contributed by atoms with van der Waals surface area (Å²) in [7, 11) is 0. The molecule has 0 spiro atoms. The summed E-state index contributed by atoms with van der Waals surface area (Å²) in [6.07, 6.45) is -0.310. The third kappa shape index (κ3) is 14.0. The average Bonchev–Trinajstić information content (AvgIpc) is 2.76. The van der Waals surface area contributed by atoms with E-state index in [0.29, 0.717) is 6.42 Å². The van der Waals surface area contributed by atoms with Crippen molar-refractivity contribution in [2.45, 2.75) is 51.2 Å². The van der Waals surface area contributed by atoms with Gasteiger partial charge in [-0.05, 0) is 19.8 Å². The smallest absolute Gasteiger partial charge is 0.305 e. The van der Waals surface area contributed by atoms with Gasteiger partial charge in [-0.15, -0.1) is 0 Å². The number of nitrogens with two attached hydrogens (primary N) is 2. The minimum Gasteiger partial charge on any atom is -0.481 e. The lowest BCUT2D eigenvalue weighted by atomic mass is 10.1. The number of carbonyl (C=O) groups is 6. The summed E-state index contributed by atoms with van der Waals surface area (Å²) in [6.45, 7) is 1.88. The number of aliphatic carboxylic acids is 1. The van der Waals surface area contributed by atoms with Gasteiger partial charge in [0.05, 0.1) is 19.6 Å². The molecule has 0 fully saturated rings. The Balaban J connectivity index is 5.04. The molecule has 198 valence electrons. The Labute approximate surface area is 201 Å². The summed E-state index contributed by atoms with van der Waals surface area (Å²) >= 11 is 0. The monoisotopic (exact) mass is 502 g/mol. The normalized spacial score (nSPS) is 12.8. The summed E-state index contributed by atoms with van der Waals surface area (Å²) in [6, 6.07) is -3.94. The number of rotatable bonds is 16. The Hall–Kier alpha value is -3.95. The molecule has 0 aromatic carbocycles. The maximum atomic E-state index is 12.4. The van der Waals surface area contributed by atoms with Crippen molar-refractivity contribution in [3.63, 3.8) is 0 Å². The summed E-state index contributed by atoms with van der Waals surface area (Å²) in [5, 5.41) is 29.8. The van der Waals surface area contributed by atoms with Gasteiger partial charge in [-0.2, -0.15) is 0 Å². The molecular formula is C19H34N8O8. The molecule has 0 heterocycles. The molecule has 11 N–H and O–H groups in total. The molecule has 0 saturated carbocycles. The lowest BCUT2D eigenvalue weighted by molar-refractivity contribution is -0.141. The minimum atomic E-state index is -1.59. The fourth-order valence-corrected chi connectivity index (χ4v) is 2.70. The van der Waals surface area contributed by atoms with Gasteiger partial charge in [-0.3, -0.25) is 33.8 Å². The van der Waals surface area contributed by atoms with Crippen LogP contribution in [0.3, 0.4) is 0 Å². The number of hydrogen-bond acceptors (Lipinski definition) is 8. The third-order valence-corrected chi connectivity index (χ3v) is 4.26. The Morgan fingerprint density at radius 1 is 0.886 bits per heavy atom. The number of carboxylic acid groups (broad SMARTS) is 1. The van der Waals surface area contributed by atoms with E-state index in [1.54, 1.807) is 6.92 Å². The van der Waals surface area contributed by atoms with Crippen LogP contribution in [0.25, 0.3) is 0 Å². The van der Waals surface area contributed by atoms with Gasteiger partial charge in [0.2, 0.25) is 29.5 Å². The van der Waals surface area contributed by atoms with Gasteiger partial charge in [0, 0.05) is 20.0 Å². The molecule has 16 nitrogen and oxygen atoms in total. The Morgan fingerprint density at radius 3 is 2.03 bits per heavy atom. The van der Waals surface area contributed by atoms with Gasteiger partial charge in [0.25, 0.3) is 0 Å². The molecule has 0 aromatic heterocycles. The highest BCUT2D eigenvalue weighted by Crippen LogP contribution is 1.99. The van der Waals surface area contributed by atoms with Crippen molar-refractivity contribution in [1.29, 1.82) is 0 Å². The number of guanidine groups is 1. The van der Waals surface area contributed by atoms with Gasteiger partial charge in [0.15, 0.2) is 5.96 Å². The first-order valence-corrected chi connectivity index (χ1v) is 10.7. The molecule has 16 heteroatoms. The molecule has 0 radical (unpaired) electrons. The molecule has 0 rings (SSSR count). The zero-order chi connectivity index (χ0) is 27.0. The predicted molar refractivity (Wildman–Crippen MR) is 122 cm³/mol. The number of likely N-dealkylation sites (N-methyl/N-ethyl adjacent to an activating group) is 1. The topological polar surface area (TPSA) is 267 Å². The van der Waals surface area contributed by atoms with Crippen molar-refractivity contribution in [3.8, 4) is 0 Å². The van der Waals surface area contributed by atoms with Gasteiger partial charge in [0.1, 0.15) is 18.1 Å². The highest BCUT2D eigenvalue weighted by atomic mass is 16.4. The Kier molecular flexibility index (Phi) is 14.8. The van der Waals surface area contributed by atoms with Crippen molar-refractivity contribution in [2.75, 3.05) is 26.2 Å². The molecule has 0 bridgehead atoms. The molecule has 0 aromatic rings. The van der Waals surface area contributed by atoms with Crippen LogP contribution >= 0.6 is 0 Å². The first-order chi connectivity index (χ1) is 16.4. The quantitative estimate of drug-likeness (QED) is 0.0552. The SMILES string of the molecule is CCNC(=O)[C@H](CO)NC(=O)[C@H](CC(=O)O)NC(=O)CNC(=O)[C@H](CCCN=C(N)N)NC(C)=O. The number of aliphatic hydroxyl groups excluding tert-OH is 1. The number of aliphatic hydroxyl groups is 1. The molecule has 35 heavy (non-hydrogen) atoms. The van der Waals surface area contributed by atoms with Crippen molar-refractivity contribution >= 4 is 41.5 Å². The zero-order valence-corrected chi connectivity index (χ0v) is 19.6. The maximum Gasteiger partial charge on any atom is 0.305 e. The van der Waals surface area contributed by atoms with Crippen LogP contribution < -0.4 is 38.1 Å². The number of amides is 5. The van der Waals surface area contributed by atoms with Crippen LogP contribution in [0.1, 0.15) is 33.1 Å². The van der Waals surface area contributed by atoms with Crippen molar-refractivity contribution in [3.05, 3.63) is 0 Å². The van der Waals surface area contributed by atoms with Gasteiger partial charge in [-0.25, -0.2) is 0 Å². The number of carbonyl (C=O) groups excluding carboxylic acids is 5. The second-order valence-electron chi connectivity index (χ2n) is 7.28. The predicted octanol–water partition coefficient (Wildman–Crippen LogP) is -4.77. The van der Waals surface area contributed by atoms with Crippen molar-refractivity contribution in [2.24, 2.45) is 16.5 Å². The average molecular weight is 503 g/mol. The second-order valence-corrected chi connectivity index (χ2v) is 7.28. The lowest BCUT2D eigenvalue weighted by Gasteiger charge is -2.21.